The molecule has 0 amide bonds. The average molecular weight is 225 g/mol. The molecular weight excluding hydrogens is 212 g/mol. The molecule has 5 heteroatoms. The fourth-order valence-electron chi connectivity index (χ4n) is 2.91. The van der Waals surface area contributed by atoms with Gasteiger partial charge in [0.25, 0.3) is 6.43 Å². The van der Waals surface area contributed by atoms with E-state index in [2.05, 4.69) is 14.9 Å². The van der Waals surface area contributed by atoms with E-state index in [1.165, 1.54) is 38.1 Å². The van der Waals surface area contributed by atoms with Gasteiger partial charge in [0.2, 0.25) is 0 Å². The van der Waals surface area contributed by atoms with Gasteiger partial charge in [-0.3, -0.25) is 0 Å². The van der Waals surface area contributed by atoms with E-state index in [0.717, 1.165) is 0 Å². The Morgan fingerprint density at radius 2 is 1.75 bits per heavy atom. The van der Waals surface area contributed by atoms with E-state index in [0.29, 0.717) is 17.9 Å². The summed E-state index contributed by atoms with van der Waals surface area (Å²) in [6.45, 7) is 0. The van der Waals surface area contributed by atoms with Gasteiger partial charge in [0, 0.05) is 18.2 Å². The highest BCUT2D eigenvalue weighted by Crippen LogP contribution is 2.40. The standard InChI is InChI=1S/C11H13F2N3/c12-11(13)9-5-10(15-6-14-9)16-7-1-2-8(16)4-3-7/h5-8,11H,1-4H2. The minimum atomic E-state index is -2.51. The first-order chi connectivity index (χ1) is 7.75. The van der Waals surface area contributed by atoms with Crippen molar-refractivity contribution < 1.29 is 8.78 Å². The number of nitrogens with zero attached hydrogens (tertiary/aromatic N) is 3. The van der Waals surface area contributed by atoms with Gasteiger partial charge in [0.15, 0.2) is 0 Å². The van der Waals surface area contributed by atoms with Gasteiger partial charge in [-0.25, -0.2) is 18.7 Å². The SMILES string of the molecule is FC(F)c1cc(N2C3CCC2CC3)ncn1. The van der Waals surface area contributed by atoms with Crippen LogP contribution in [-0.2, 0) is 0 Å². The zero-order valence-electron chi connectivity index (χ0n) is 8.81. The van der Waals surface area contributed by atoms with Gasteiger partial charge in [0.1, 0.15) is 17.8 Å². The van der Waals surface area contributed by atoms with Crippen molar-refractivity contribution in [1.82, 2.24) is 9.97 Å². The summed E-state index contributed by atoms with van der Waals surface area (Å²) in [6, 6.07) is 2.44. The molecule has 86 valence electrons. The summed E-state index contributed by atoms with van der Waals surface area (Å²) < 4.78 is 25.1. The molecule has 0 radical (unpaired) electrons. The van der Waals surface area contributed by atoms with Gasteiger partial charge in [-0.2, -0.15) is 0 Å². The Bertz CT molecular complexity index is 377. The minimum absolute atomic E-state index is 0.170. The van der Waals surface area contributed by atoms with Crippen LogP contribution in [0.25, 0.3) is 0 Å². The summed E-state index contributed by atoms with van der Waals surface area (Å²) >= 11 is 0. The van der Waals surface area contributed by atoms with Gasteiger partial charge >= 0.3 is 0 Å². The molecule has 3 rings (SSSR count). The highest BCUT2D eigenvalue weighted by molar-refractivity contribution is 5.45. The molecule has 0 spiro atoms. The van der Waals surface area contributed by atoms with Crippen LogP contribution in [0.2, 0.25) is 0 Å². The predicted octanol–water partition coefficient (Wildman–Crippen LogP) is 2.55. The Labute approximate surface area is 92.5 Å². The van der Waals surface area contributed by atoms with Crippen molar-refractivity contribution in [3.63, 3.8) is 0 Å². The Morgan fingerprint density at radius 1 is 1.12 bits per heavy atom. The van der Waals surface area contributed by atoms with E-state index >= 15 is 0 Å². The first kappa shape index (κ1) is 9.93. The summed E-state index contributed by atoms with van der Waals surface area (Å²) in [6.07, 6.45) is 3.39. The third kappa shape index (κ3) is 1.45. The molecule has 0 aromatic carbocycles. The van der Waals surface area contributed by atoms with Gasteiger partial charge in [-0.15, -0.1) is 0 Å². The van der Waals surface area contributed by atoms with Crippen molar-refractivity contribution in [2.75, 3.05) is 4.90 Å². The number of hydrogen-bond donors (Lipinski definition) is 0. The lowest BCUT2D eigenvalue weighted by Crippen LogP contribution is -2.29. The summed E-state index contributed by atoms with van der Waals surface area (Å²) in [5, 5.41) is 0. The van der Waals surface area contributed by atoms with Crippen molar-refractivity contribution in [1.29, 1.82) is 0 Å². The average Bonchev–Trinajstić information content (AvgIpc) is 2.88. The summed E-state index contributed by atoms with van der Waals surface area (Å²) in [7, 11) is 0. The van der Waals surface area contributed by atoms with E-state index in [1.807, 2.05) is 0 Å². The Kier molecular flexibility index (Phi) is 2.26. The smallest absolute Gasteiger partial charge is 0.280 e. The van der Waals surface area contributed by atoms with Crippen LogP contribution in [0.3, 0.4) is 0 Å². The number of alkyl halides is 2. The second-order valence-corrected chi connectivity index (χ2v) is 4.47. The van der Waals surface area contributed by atoms with Crippen LogP contribution in [-0.4, -0.2) is 22.1 Å². The van der Waals surface area contributed by atoms with Crippen LogP contribution >= 0.6 is 0 Å². The lowest BCUT2D eigenvalue weighted by atomic mass is 10.0. The summed E-state index contributed by atoms with van der Waals surface area (Å²) in [5.74, 6) is 0.676. The highest BCUT2D eigenvalue weighted by Gasteiger charge is 2.40. The molecule has 2 fully saturated rings. The number of hydrogen-bond acceptors (Lipinski definition) is 3. The topological polar surface area (TPSA) is 29.0 Å². The van der Waals surface area contributed by atoms with E-state index in [-0.39, 0.29) is 5.69 Å². The largest absolute Gasteiger partial charge is 0.351 e. The molecule has 0 atom stereocenters. The third-order valence-electron chi connectivity index (χ3n) is 3.61. The first-order valence-corrected chi connectivity index (χ1v) is 5.64. The first-order valence-electron chi connectivity index (χ1n) is 5.64. The number of anilines is 1. The van der Waals surface area contributed by atoms with E-state index in [4.69, 9.17) is 0 Å². The van der Waals surface area contributed by atoms with Crippen LogP contribution in [0.4, 0.5) is 14.6 Å². The number of halogens is 2. The minimum Gasteiger partial charge on any atom is -0.351 e. The van der Waals surface area contributed by atoms with Crippen molar-refractivity contribution >= 4 is 5.82 Å². The maximum absolute atomic E-state index is 12.5. The number of aromatic nitrogens is 2. The molecule has 2 bridgehead atoms. The molecule has 0 saturated carbocycles. The quantitative estimate of drug-likeness (QED) is 0.774. The van der Waals surface area contributed by atoms with Crippen LogP contribution < -0.4 is 4.90 Å². The molecule has 0 aliphatic carbocycles. The van der Waals surface area contributed by atoms with E-state index < -0.39 is 6.43 Å². The Morgan fingerprint density at radius 3 is 2.31 bits per heavy atom. The normalized spacial score (nSPS) is 28.1. The maximum Gasteiger partial charge on any atom is 0.280 e. The predicted molar refractivity (Wildman–Crippen MR) is 55.5 cm³/mol. The zero-order chi connectivity index (χ0) is 11.1. The van der Waals surface area contributed by atoms with Gasteiger partial charge in [-0.1, -0.05) is 0 Å². The molecule has 1 aromatic rings. The van der Waals surface area contributed by atoms with Crippen molar-refractivity contribution in [2.45, 2.75) is 44.2 Å². The van der Waals surface area contributed by atoms with Crippen LogP contribution in [0.15, 0.2) is 12.4 Å². The molecule has 1 aromatic heterocycles. The molecule has 3 heterocycles. The summed E-state index contributed by atoms with van der Waals surface area (Å²) in [4.78, 5) is 9.92. The monoisotopic (exact) mass is 225 g/mol. The molecule has 2 aliphatic rings. The Hall–Kier alpha value is -1.26. The fourth-order valence-corrected chi connectivity index (χ4v) is 2.91. The number of rotatable bonds is 2. The van der Waals surface area contributed by atoms with Gasteiger partial charge in [-0.05, 0) is 25.7 Å². The fraction of sp³-hybridized carbons (Fsp3) is 0.636. The van der Waals surface area contributed by atoms with Crippen molar-refractivity contribution in [3.8, 4) is 0 Å². The molecule has 0 unspecified atom stereocenters. The third-order valence-corrected chi connectivity index (χ3v) is 3.61. The molecule has 16 heavy (non-hydrogen) atoms. The second kappa shape index (κ2) is 3.64. The zero-order valence-corrected chi connectivity index (χ0v) is 8.81. The molecule has 0 N–H and O–H groups in total. The van der Waals surface area contributed by atoms with Gasteiger partial charge < -0.3 is 4.90 Å². The Balaban J connectivity index is 1.92. The molecule has 3 nitrogen and oxygen atoms in total. The molecular formula is C11H13F2N3. The maximum atomic E-state index is 12.5. The lowest BCUT2D eigenvalue weighted by Gasteiger charge is -2.23. The van der Waals surface area contributed by atoms with E-state index in [9.17, 15) is 8.78 Å². The van der Waals surface area contributed by atoms with Crippen molar-refractivity contribution in [2.24, 2.45) is 0 Å². The molecule has 2 aliphatic heterocycles. The summed E-state index contributed by atoms with van der Waals surface area (Å²) in [5.41, 5.74) is -0.170. The van der Waals surface area contributed by atoms with Crippen LogP contribution in [0, 0.1) is 0 Å². The van der Waals surface area contributed by atoms with Crippen molar-refractivity contribution in [3.05, 3.63) is 18.1 Å². The van der Waals surface area contributed by atoms with Gasteiger partial charge in [0.05, 0.1) is 0 Å². The molecule has 2 saturated heterocycles. The second-order valence-electron chi connectivity index (χ2n) is 4.47. The lowest BCUT2D eigenvalue weighted by molar-refractivity contribution is 0.146. The van der Waals surface area contributed by atoms with Crippen LogP contribution in [0.1, 0.15) is 37.8 Å². The van der Waals surface area contributed by atoms with E-state index in [1.54, 1.807) is 0 Å². The number of fused-ring (bicyclic) bond motifs is 2. The van der Waals surface area contributed by atoms with Crippen LogP contribution in [0.5, 0.6) is 0 Å². The highest BCUT2D eigenvalue weighted by atomic mass is 19.3.